The second-order valence-corrected chi connectivity index (χ2v) is 11.1. The van der Waals surface area contributed by atoms with Crippen LogP contribution in [0.2, 0.25) is 0 Å². The van der Waals surface area contributed by atoms with Crippen molar-refractivity contribution in [1.29, 1.82) is 0 Å². The topological polar surface area (TPSA) is 69.7 Å². The molecule has 1 fully saturated rings. The fourth-order valence-corrected chi connectivity index (χ4v) is 6.16. The second-order valence-electron chi connectivity index (χ2n) is 10.1. The van der Waals surface area contributed by atoms with E-state index in [0.29, 0.717) is 16.5 Å². The molecule has 6 nitrogen and oxygen atoms in total. The van der Waals surface area contributed by atoms with Crippen LogP contribution in [0.1, 0.15) is 62.3 Å². The van der Waals surface area contributed by atoms with Gasteiger partial charge in [0, 0.05) is 23.5 Å². The third-order valence-corrected chi connectivity index (χ3v) is 7.85. The van der Waals surface area contributed by atoms with E-state index in [1.807, 2.05) is 38.1 Å². The van der Waals surface area contributed by atoms with Gasteiger partial charge in [0.1, 0.15) is 6.54 Å². The van der Waals surface area contributed by atoms with Gasteiger partial charge in [-0.25, -0.2) is 0 Å². The van der Waals surface area contributed by atoms with Gasteiger partial charge in [-0.15, -0.1) is 0 Å². The highest BCUT2D eigenvalue weighted by molar-refractivity contribution is 8.18. The molecule has 0 radical (unpaired) electrons. The van der Waals surface area contributed by atoms with E-state index in [0.717, 1.165) is 46.3 Å². The van der Waals surface area contributed by atoms with Crippen LogP contribution in [0, 0.1) is 13.8 Å². The number of amides is 3. The summed E-state index contributed by atoms with van der Waals surface area (Å²) in [6.07, 6.45) is 2.81. The summed E-state index contributed by atoms with van der Waals surface area (Å²) in [5, 5.41) is 2.42. The van der Waals surface area contributed by atoms with Gasteiger partial charge in [-0.1, -0.05) is 31.2 Å². The maximum atomic E-state index is 13.0. The Morgan fingerprint density at radius 1 is 1.17 bits per heavy atom. The van der Waals surface area contributed by atoms with Gasteiger partial charge >= 0.3 is 0 Å². The summed E-state index contributed by atoms with van der Waals surface area (Å²) < 4.78 is 0. The minimum Gasteiger partial charge on any atom is -0.366 e. The number of carbonyl (C=O) groups excluding carboxylic acids is 3. The molecular formula is C28H33N3O3S. The SMILES string of the molecule is CCN1c2ccc(/C=C3/SC(=O)N(CC(=O)Nc4c(C)cccc4C)C3=O)cc2C(C)CC1(C)C. The minimum absolute atomic E-state index is 0.0861. The van der Waals surface area contributed by atoms with Crippen LogP contribution in [0.4, 0.5) is 16.2 Å². The van der Waals surface area contributed by atoms with Crippen molar-refractivity contribution >= 4 is 46.3 Å². The normalized spacial score (nSPS) is 20.4. The Balaban J connectivity index is 1.52. The summed E-state index contributed by atoms with van der Waals surface area (Å²) >= 11 is 0.882. The number of aryl methyl sites for hydroxylation is 2. The first-order valence-electron chi connectivity index (χ1n) is 12.0. The van der Waals surface area contributed by atoms with Crippen LogP contribution in [0.3, 0.4) is 0 Å². The summed E-state index contributed by atoms with van der Waals surface area (Å²) in [7, 11) is 0. The van der Waals surface area contributed by atoms with Crippen molar-refractivity contribution in [3.8, 4) is 0 Å². The van der Waals surface area contributed by atoms with Crippen LogP contribution in [-0.2, 0) is 9.59 Å². The minimum atomic E-state index is -0.432. The molecule has 1 N–H and O–H groups in total. The second kappa shape index (κ2) is 9.53. The molecule has 2 aliphatic rings. The van der Waals surface area contributed by atoms with E-state index in [1.165, 1.54) is 11.3 Å². The smallest absolute Gasteiger partial charge is 0.294 e. The van der Waals surface area contributed by atoms with E-state index < -0.39 is 17.1 Å². The van der Waals surface area contributed by atoms with Crippen LogP contribution in [-0.4, -0.2) is 40.6 Å². The number of rotatable bonds is 5. The van der Waals surface area contributed by atoms with Gasteiger partial charge < -0.3 is 10.2 Å². The van der Waals surface area contributed by atoms with E-state index in [9.17, 15) is 14.4 Å². The van der Waals surface area contributed by atoms with Gasteiger partial charge in [-0.05, 0) is 99.2 Å². The van der Waals surface area contributed by atoms with Crippen LogP contribution in [0.5, 0.6) is 0 Å². The number of hydrogen-bond donors (Lipinski definition) is 1. The molecule has 0 spiro atoms. The van der Waals surface area contributed by atoms with E-state index in [1.54, 1.807) is 6.08 Å². The van der Waals surface area contributed by atoms with E-state index >= 15 is 0 Å². The number of para-hydroxylation sites is 1. The van der Waals surface area contributed by atoms with E-state index in [-0.39, 0.29) is 12.1 Å². The van der Waals surface area contributed by atoms with Crippen LogP contribution < -0.4 is 10.2 Å². The maximum absolute atomic E-state index is 13.0. The molecule has 0 bridgehead atoms. The summed E-state index contributed by atoms with van der Waals surface area (Å²) in [6, 6.07) is 12.0. The predicted octanol–water partition coefficient (Wildman–Crippen LogP) is 6.09. The Labute approximate surface area is 211 Å². The van der Waals surface area contributed by atoms with Gasteiger partial charge in [0.05, 0.1) is 4.91 Å². The lowest BCUT2D eigenvalue weighted by atomic mass is 9.79. The van der Waals surface area contributed by atoms with Crippen molar-refractivity contribution < 1.29 is 14.4 Å². The Kier molecular flexibility index (Phi) is 6.82. The lowest BCUT2D eigenvalue weighted by Crippen LogP contribution is -2.48. The molecular weight excluding hydrogens is 458 g/mol. The fraction of sp³-hybridized carbons (Fsp3) is 0.393. The average Bonchev–Trinajstić information content (AvgIpc) is 3.03. The number of nitrogens with one attached hydrogen (secondary N) is 1. The van der Waals surface area contributed by atoms with Gasteiger partial charge in [0.25, 0.3) is 11.1 Å². The molecule has 7 heteroatoms. The Morgan fingerprint density at radius 3 is 2.51 bits per heavy atom. The number of imide groups is 1. The fourth-order valence-electron chi connectivity index (χ4n) is 5.32. The summed E-state index contributed by atoms with van der Waals surface area (Å²) in [4.78, 5) is 42.0. The first-order valence-corrected chi connectivity index (χ1v) is 12.9. The first-order chi connectivity index (χ1) is 16.5. The Hall–Kier alpha value is -3.06. The van der Waals surface area contributed by atoms with Gasteiger partial charge in [-0.3, -0.25) is 19.3 Å². The molecule has 0 aliphatic carbocycles. The summed E-state index contributed by atoms with van der Waals surface area (Å²) in [5.41, 5.74) is 6.03. The molecule has 2 heterocycles. The molecule has 2 aromatic carbocycles. The molecule has 4 rings (SSSR count). The van der Waals surface area contributed by atoms with Gasteiger partial charge in [-0.2, -0.15) is 0 Å². The number of benzene rings is 2. The number of nitrogens with zero attached hydrogens (tertiary/aromatic N) is 2. The highest BCUT2D eigenvalue weighted by Crippen LogP contribution is 2.44. The Morgan fingerprint density at radius 2 is 1.86 bits per heavy atom. The van der Waals surface area contributed by atoms with Crippen molar-refractivity contribution in [3.63, 3.8) is 0 Å². The predicted molar refractivity (Wildman–Crippen MR) is 144 cm³/mol. The summed E-state index contributed by atoms with van der Waals surface area (Å²) in [6.45, 7) is 13.4. The number of hydrogen-bond acceptors (Lipinski definition) is 5. The molecule has 2 aliphatic heterocycles. The van der Waals surface area contributed by atoms with Crippen molar-refractivity contribution in [2.75, 3.05) is 23.3 Å². The molecule has 1 unspecified atom stereocenters. The molecule has 0 saturated carbocycles. The van der Waals surface area contributed by atoms with Gasteiger partial charge in [0.2, 0.25) is 5.91 Å². The zero-order chi connectivity index (χ0) is 25.5. The third kappa shape index (κ3) is 4.87. The standard InChI is InChI=1S/C28H33N3O3S/c1-7-31-22-12-11-20(13-21(22)19(4)15-28(31,5)6)14-23-26(33)30(27(34)35-23)16-24(32)29-25-17(2)9-8-10-18(25)3/h8-14,19H,7,15-16H2,1-6H3,(H,29,32)/b23-14+. The molecule has 1 saturated heterocycles. The van der Waals surface area contributed by atoms with Gasteiger partial charge in [0.15, 0.2) is 0 Å². The molecule has 1 atom stereocenters. The zero-order valence-electron chi connectivity index (χ0n) is 21.3. The van der Waals surface area contributed by atoms with Crippen LogP contribution in [0.15, 0.2) is 41.3 Å². The highest BCUT2D eigenvalue weighted by Gasteiger charge is 2.37. The van der Waals surface area contributed by atoms with Crippen molar-refractivity contribution in [2.45, 2.75) is 59.4 Å². The van der Waals surface area contributed by atoms with Crippen LogP contribution >= 0.6 is 11.8 Å². The van der Waals surface area contributed by atoms with Crippen molar-refractivity contribution in [2.24, 2.45) is 0 Å². The quantitative estimate of drug-likeness (QED) is 0.513. The molecule has 0 aromatic heterocycles. The summed E-state index contributed by atoms with van der Waals surface area (Å²) in [5.74, 6) is -0.436. The van der Waals surface area contributed by atoms with Crippen molar-refractivity contribution in [3.05, 3.63) is 63.6 Å². The van der Waals surface area contributed by atoms with Crippen molar-refractivity contribution in [1.82, 2.24) is 4.90 Å². The Bertz CT molecular complexity index is 1210. The zero-order valence-corrected chi connectivity index (χ0v) is 22.1. The van der Waals surface area contributed by atoms with E-state index in [2.05, 4.69) is 50.0 Å². The molecule has 2 aromatic rings. The largest absolute Gasteiger partial charge is 0.366 e. The lowest BCUT2D eigenvalue weighted by molar-refractivity contribution is -0.127. The monoisotopic (exact) mass is 491 g/mol. The lowest BCUT2D eigenvalue weighted by Gasteiger charge is -2.47. The molecule has 184 valence electrons. The number of thioether (sulfide) groups is 1. The number of fused-ring (bicyclic) bond motifs is 1. The van der Waals surface area contributed by atoms with E-state index in [4.69, 9.17) is 0 Å². The number of carbonyl (C=O) groups is 3. The first kappa shape index (κ1) is 25.0. The highest BCUT2D eigenvalue weighted by atomic mass is 32.2. The number of anilines is 2. The third-order valence-electron chi connectivity index (χ3n) is 6.94. The van der Waals surface area contributed by atoms with Crippen LogP contribution in [0.25, 0.3) is 6.08 Å². The maximum Gasteiger partial charge on any atom is 0.294 e. The molecule has 3 amide bonds. The molecule has 35 heavy (non-hydrogen) atoms. The average molecular weight is 492 g/mol.